The highest BCUT2D eigenvalue weighted by molar-refractivity contribution is 7.89. The van der Waals surface area contributed by atoms with Crippen LogP contribution in [0.1, 0.15) is 43.7 Å². The number of hydrogen-bond donors (Lipinski definition) is 1. The number of carbonyl (C=O) groups is 2. The van der Waals surface area contributed by atoms with Gasteiger partial charge >= 0.3 is 5.97 Å². The fourth-order valence-corrected chi connectivity index (χ4v) is 5.11. The summed E-state index contributed by atoms with van der Waals surface area (Å²) < 4.78 is 31.9. The molecule has 33 heavy (non-hydrogen) atoms. The van der Waals surface area contributed by atoms with Crippen LogP contribution >= 0.6 is 0 Å². The molecule has 176 valence electrons. The summed E-state index contributed by atoms with van der Waals surface area (Å²) in [6.07, 6.45) is 6.68. The minimum atomic E-state index is -3.44. The van der Waals surface area contributed by atoms with Crippen molar-refractivity contribution in [1.29, 1.82) is 0 Å². The first-order valence-corrected chi connectivity index (χ1v) is 12.7. The van der Waals surface area contributed by atoms with E-state index in [2.05, 4.69) is 5.32 Å². The summed E-state index contributed by atoms with van der Waals surface area (Å²) >= 11 is 0. The van der Waals surface area contributed by atoms with Crippen molar-refractivity contribution in [2.45, 2.75) is 43.9 Å². The SMILES string of the molecule is CCOC(=O)/C=C/c1ccc(NC(=O)CCc2ccc(S(=O)(=O)N3CCCCC3)cc2)cc1. The largest absolute Gasteiger partial charge is 0.463 e. The summed E-state index contributed by atoms with van der Waals surface area (Å²) in [5.41, 5.74) is 2.39. The number of aryl methyl sites for hydroxylation is 1. The number of nitrogens with zero attached hydrogens (tertiary/aromatic N) is 1. The third-order valence-corrected chi connectivity index (χ3v) is 7.32. The molecule has 2 aromatic rings. The Morgan fingerprint density at radius 2 is 1.67 bits per heavy atom. The number of hydrogen-bond acceptors (Lipinski definition) is 5. The van der Waals surface area contributed by atoms with E-state index in [0.29, 0.717) is 36.7 Å². The quantitative estimate of drug-likeness (QED) is 0.442. The number of esters is 1. The molecule has 0 aliphatic carbocycles. The fraction of sp³-hybridized carbons (Fsp3) is 0.360. The molecule has 1 fully saturated rings. The minimum absolute atomic E-state index is 0.130. The zero-order valence-corrected chi connectivity index (χ0v) is 19.6. The van der Waals surface area contributed by atoms with Crippen molar-refractivity contribution in [1.82, 2.24) is 4.31 Å². The Kier molecular flexibility index (Phi) is 8.79. The van der Waals surface area contributed by atoms with E-state index in [4.69, 9.17) is 4.74 Å². The lowest BCUT2D eigenvalue weighted by Crippen LogP contribution is -2.35. The molecule has 3 rings (SSSR count). The maximum atomic E-state index is 12.7. The second kappa shape index (κ2) is 11.8. The molecule has 1 heterocycles. The van der Waals surface area contributed by atoms with Crippen LogP contribution in [0.3, 0.4) is 0 Å². The number of piperidine rings is 1. The summed E-state index contributed by atoms with van der Waals surface area (Å²) in [5, 5.41) is 2.85. The number of nitrogens with one attached hydrogen (secondary N) is 1. The first-order valence-electron chi connectivity index (χ1n) is 11.2. The molecule has 1 amide bonds. The zero-order valence-electron chi connectivity index (χ0n) is 18.8. The van der Waals surface area contributed by atoms with E-state index >= 15 is 0 Å². The van der Waals surface area contributed by atoms with Gasteiger partial charge in [-0.3, -0.25) is 4.79 Å². The Balaban J connectivity index is 1.49. The van der Waals surface area contributed by atoms with Crippen LogP contribution in [0.2, 0.25) is 0 Å². The lowest BCUT2D eigenvalue weighted by atomic mass is 10.1. The topological polar surface area (TPSA) is 92.8 Å². The summed E-state index contributed by atoms with van der Waals surface area (Å²) in [5.74, 6) is -0.526. The second-order valence-corrected chi connectivity index (χ2v) is 9.80. The molecule has 7 nitrogen and oxygen atoms in total. The number of ether oxygens (including phenoxy) is 1. The average molecular weight is 471 g/mol. The highest BCUT2D eigenvalue weighted by Gasteiger charge is 2.25. The smallest absolute Gasteiger partial charge is 0.330 e. The minimum Gasteiger partial charge on any atom is -0.463 e. The van der Waals surface area contributed by atoms with Gasteiger partial charge in [-0.25, -0.2) is 13.2 Å². The number of anilines is 1. The summed E-state index contributed by atoms with van der Waals surface area (Å²) in [6, 6.07) is 13.9. The van der Waals surface area contributed by atoms with Gasteiger partial charge in [0, 0.05) is 31.3 Å². The Labute approximate surface area is 195 Å². The van der Waals surface area contributed by atoms with Crippen LogP contribution in [0, 0.1) is 0 Å². The van der Waals surface area contributed by atoms with Crippen molar-refractivity contribution in [3.05, 3.63) is 65.7 Å². The van der Waals surface area contributed by atoms with E-state index in [0.717, 1.165) is 30.4 Å². The average Bonchev–Trinajstić information content (AvgIpc) is 2.83. The van der Waals surface area contributed by atoms with Crippen molar-refractivity contribution in [3.63, 3.8) is 0 Å². The molecule has 0 unspecified atom stereocenters. The number of rotatable bonds is 9. The van der Waals surface area contributed by atoms with Crippen LogP contribution < -0.4 is 5.32 Å². The number of benzene rings is 2. The molecular formula is C25H30N2O5S. The predicted molar refractivity (Wildman–Crippen MR) is 128 cm³/mol. The molecule has 1 saturated heterocycles. The molecule has 0 atom stereocenters. The molecule has 0 aromatic heterocycles. The molecule has 1 aliphatic rings. The number of carbonyl (C=O) groups excluding carboxylic acids is 2. The van der Waals surface area contributed by atoms with Gasteiger partial charge in [0.15, 0.2) is 0 Å². The van der Waals surface area contributed by atoms with Crippen molar-refractivity contribution >= 4 is 33.7 Å². The summed E-state index contributed by atoms with van der Waals surface area (Å²) in [4.78, 5) is 24.0. The van der Waals surface area contributed by atoms with Gasteiger partial charge in [0.25, 0.3) is 0 Å². The first kappa shape index (κ1) is 24.7. The third-order valence-electron chi connectivity index (χ3n) is 5.41. The zero-order chi connectivity index (χ0) is 23.7. The van der Waals surface area contributed by atoms with Gasteiger partial charge in [-0.15, -0.1) is 0 Å². The van der Waals surface area contributed by atoms with E-state index in [1.807, 2.05) is 0 Å². The Bertz CT molecular complexity index is 1070. The van der Waals surface area contributed by atoms with Gasteiger partial charge in [0.1, 0.15) is 0 Å². The first-order chi connectivity index (χ1) is 15.9. The highest BCUT2D eigenvalue weighted by atomic mass is 32.2. The summed E-state index contributed by atoms with van der Waals surface area (Å²) in [7, 11) is -3.44. The van der Waals surface area contributed by atoms with Crippen molar-refractivity contribution in [2.75, 3.05) is 25.0 Å². The van der Waals surface area contributed by atoms with Crippen LogP contribution in [-0.4, -0.2) is 44.3 Å². The van der Waals surface area contributed by atoms with Crippen LogP contribution in [-0.2, 0) is 30.8 Å². The van der Waals surface area contributed by atoms with E-state index in [-0.39, 0.29) is 12.3 Å². The van der Waals surface area contributed by atoms with Gasteiger partial charge in [-0.05, 0) is 67.7 Å². The molecule has 1 N–H and O–H groups in total. The van der Waals surface area contributed by atoms with Crippen LogP contribution in [0.25, 0.3) is 6.08 Å². The monoisotopic (exact) mass is 470 g/mol. The standard InChI is InChI=1S/C25H30N2O5S/c1-2-32-25(29)17-11-20-6-12-22(13-7-20)26-24(28)16-10-21-8-14-23(15-9-21)33(30,31)27-18-4-3-5-19-27/h6-9,11-15,17H,2-5,10,16,18-19H2,1H3,(H,26,28)/b17-11+. The van der Waals surface area contributed by atoms with Crippen LogP contribution in [0.4, 0.5) is 5.69 Å². The predicted octanol–water partition coefficient (Wildman–Crippen LogP) is 4.01. The van der Waals surface area contributed by atoms with Gasteiger partial charge < -0.3 is 10.1 Å². The molecule has 1 aliphatic heterocycles. The summed E-state index contributed by atoms with van der Waals surface area (Å²) in [6.45, 7) is 3.23. The van der Waals surface area contributed by atoms with Crippen molar-refractivity contribution in [3.8, 4) is 0 Å². The van der Waals surface area contributed by atoms with E-state index in [1.54, 1.807) is 65.8 Å². The van der Waals surface area contributed by atoms with Crippen molar-refractivity contribution < 1.29 is 22.7 Å². The Morgan fingerprint density at radius 3 is 2.30 bits per heavy atom. The Morgan fingerprint density at radius 1 is 1.00 bits per heavy atom. The lowest BCUT2D eigenvalue weighted by molar-refractivity contribution is -0.137. The maximum Gasteiger partial charge on any atom is 0.330 e. The highest BCUT2D eigenvalue weighted by Crippen LogP contribution is 2.21. The van der Waals surface area contributed by atoms with Gasteiger partial charge in [0.05, 0.1) is 11.5 Å². The molecule has 0 radical (unpaired) electrons. The van der Waals surface area contributed by atoms with E-state index in [9.17, 15) is 18.0 Å². The normalized spacial score (nSPS) is 14.8. The molecule has 2 aromatic carbocycles. The number of amides is 1. The number of sulfonamides is 1. The van der Waals surface area contributed by atoms with Gasteiger partial charge in [-0.1, -0.05) is 30.7 Å². The van der Waals surface area contributed by atoms with Crippen LogP contribution in [0.5, 0.6) is 0 Å². The molecule has 0 bridgehead atoms. The van der Waals surface area contributed by atoms with Crippen LogP contribution in [0.15, 0.2) is 59.5 Å². The fourth-order valence-electron chi connectivity index (χ4n) is 3.60. The Hall–Kier alpha value is -2.97. The molecule has 0 saturated carbocycles. The van der Waals surface area contributed by atoms with Crippen molar-refractivity contribution in [2.24, 2.45) is 0 Å². The van der Waals surface area contributed by atoms with E-state index < -0.39 is 16.0 Å². The van der Waals surface area contributed by atoms with Gasteiger partial charge in [-0.2, -0.15) is 4.31 Å². The molecule has 0 spiro atoms. The van der Waals surface area contributed by atoms with E-state index in [1.165, 1.54) is 6.08 Å². The third kappa shape index (κ3) is 7.27. The second-order valence-electron chi connectivity index (χ2n) is 7.86. The molecular weight excluding hydrogens is 440 g/mol. The molecule has 8 heteroatoms. The lowest BCUT2D eigenvalue weighted by Gasteiger charge is -2.25. The van der Waals surface area contributed by atoms with Gasteiger partial charge in [0.2, 0.25) is 15.9 Å². The maximum absolute atomic E-state index is 12.7.